The van der Waals surface area contributed by atoms with Crippen LogP contribution in [-0.2, 0) is 31.9 Å². The van der Waals surface area contributed by atoms with Crippen molar-refractivity contribution in [2.75, 3.05) is 38.1 Å². The van der Waals surface area contributed by atoms with E-state index in [2.05, 4.69) is 4.72 Å². The monoisotopic (exact) mass is 646 g/mol. The van der Waals surface area contributed by atoms with Crippen LogP contribution in [0.1, 0.15) is 16.7 Å². The Morgan fingerprint density at radius 3 is 2.21 bits per heavy atom. The smallest absolute Gasteiger partial charge is 0.418 e. The van der Waals surface area contributed by atoms with Gasteiger partial charge in [-0.15, -0.1) is 0 Å². The maximum absolute atomic E-state index is 14.2. The maximum Gasteiger partial charge on any atom is 0.418 e. The summed E-state index contributed by atoms with van der Waals surface area (Å²) in [5.41, 5.74) is -4.71. The maximum atomic E-state index is 14.2. The van der Waals surface area contributed by atoms with Gasteiger partial charge in [-0.1, -0.05) is 23.9 Å². The average Bonchev–Trinajstić information content (AvgIpc) is 2.95. The van der Waals surface area contributed by atoms with Gasteiger partial charge in [0.05, 0.1) is 36.3 Å². The van der Waals surface area contributed by atoms with Crippen LogP contribution in [0.3, 0.4) is 0 Å². The summed E-state index contributed by atoms with van der Waals surface area (Å²) in [7, 11) is -2.69. The van der Waals surface area contributed by atoms with Crippen molar-refractivity contribution in [2.24, 2.45) is 0 Å². The van der Waals surface area contributed by atoms with Crippen LogP contribution in [0.5, 0.6) is 5.75 Å². The number of sulfonamides is 1. The molecule has 1 amide bonds. The van der Waals surface area contributed by atoms with E-state index in [1.165, 1.54) is 60.5 Å². The molecule has 0 bridgehead atoms. The van der Waals surface area contributed by atoms with Crippen LogP contribution in [0.25, 0.3) is 6.08 Å². The lowest BCUT2D eigenvalue weighted by Gasteiger charge is -2.25. The van der Waals surface area contributed by atoms with Gasteiger partial charge in [0.1, 0.15) is 5.75 Å². The quantitative estimate of drug-likeness (QED) is 0.221. The predicted octanol–water partition coefficient (Wildman–Crippen LogP) is 6.56. The van der Waals surface area contributed by atoms with Crippen molar-refractivity contribution in [3.63, 3.8) is 0 Å². The number of amides is 1. The van der Waals surface area contributed by atoms with Gasteiger partial charge in [0.25, 0.3) is 10.0 Å². The molecule has 0 aliphatic carbocycles. The molecule has 7 nitrogen and oxygen atoms in total. The lowest BCUT2D eigenvalue weighted by Crippen LogP contribution is -2.39. The molecule has 0 spiro atoms. The van der Waals surface area contributed by atoms with Gasteiger partial charge in [-0.25, -0.2) is 8.42 Å². The third-order valence-corrected chi connectivity index (χ3v) is 8.63. The molecule has 0 saturated carbocycles. The number of rotatable bonds is 8. The molecular formula is C28H24F6N2O5S2. The third kappa shape index (κ3) is 8.03. The first-order valence-corrected chi connectivity index (χ1v) is 14.8. The van der Waals surface area contributed by atoms with Crippen LogP contribution in [-0.4, -0.2) is 52.6 Å². The molecule has 1 saturated heterocycles. The fourth-order valence-electron chi connectivity index (χ4n) is 4.18. The minimum Gasteiger partial charge on any atom is -0.497 e. The zero-order valence-corrected chi connectivity index (χ0v) is 24.0. The van der Waals surface area contributed by atoms with Gasteiger partial charge in [-0.05, 0) is 60.2 Å². The van der Waals surface area contributed by atoms with Crippen LogP contribution < -0.4 is 9.46 Å². The molecule has 1 N–H and O–H groups in total. The third-order valence-electron chi connectivity index (χ3n) is 6.18. The Bertz CT molecular complexity index is 1600. The predicted molar refractivity (Wildman–Crippen MR) is 147 cm³/mol. The summed E-state index contributed by atoms with van der Waals surface area (Å²) < 4.78 is 123. The van der Waals surface area contributed by atoms with Crippen LogP contribution in [0.2, 0.25) is 0 Å². The summed E-state index contributed by atoms with van der Waals surface area (Å²) >= 11 is 0.384. The Labute approximate surface area is 247 Å². The molecule has 1 heterocycles. The number of nitrogens with zero attached hydrogens (tertiary/aromatic N) is 1. The standard InChI is InChI=1S/C28H24F6N2O5S2/c1-40-20-7-9-22(10-8-20)43(38,39)35-19-3-2-4-21(17-19)42-23-11-5-18(6-12-24(37)36-13-15-41-16-14-36)25(27(29,30)31)26(23)28(32,33)34/h2-12,17,35H,13-16H2,1H3/b12-6+. The molecule has 1 fully saturated rings. The van der Waals surface area contributed by atoms with Crippen LogP contribution in [0.4, 0.5) is 32.0 Å². The number of anilines is 1. The highest BCUT2D eigenvalue weighted by atomic mass is 32.2. The first kappa shape index (κ1) is 32.2. The van der Waals surface area contributed by atoms with Crippen LogP contribution in [0.15, 0.2) is 81.4 Å². The molecule has 3 aromatic rings. The van der Waals surface area contributed by atoms with Gasteiger partial charge in [0, 0.05) is 34.6 Å². The lowest BCUT2D eigenvalue weighted by atomic mass is 9.99. The highest BCUT2D eigenvalue weighted by molar-refractivity contribution is 7.99. The highest BCUT2D eigenvalue weighted by Gasteiger charge is 2.46. The molecule has 0 atom stereocenters. The second kappa shape index (κ2) is 12.9. The van der Waals surface area contributed by atoms with Crippen molar-refractivity contribution in [1.29, 1.82) is 0 Å². The summed E-state index contributed by atoms with van der Waals surface area (Å²) in [5, 5.41) is 0. The van der Waals surface area contributed by atoms with Gasteiger partial charge in [-0.2, -0.15) is 26.3 Å². The number of halogens is 6. The second-order valence-corrected chi connectivity index (χ2v) is 11.9. The Morgan fingerprint density at radius 1 is 0.953 bits per heavy atom. The summed E-state index contributed by atoms with van der Waals surface area (Å²) in [6.45, 7) is 0.880. The van der Waals surface area contributed by atoms with Gasteiger partial charge in [-0.3, -0.25) is 9.52 Å². The Balaban J connectivity index is 1.67. The molecule has 15 heteroatoms. The first-order chi connectivity index (χ1) is 20.2. The fraction of sp³-hybridized carbons (Fsp3) is 0.250. The van der Waals surface area contributed by atoms with E-state index in [-0.39, 0.29) is 41.8 Å². The zero-order valence-electron chi connectivity index (χ0n) is 22.3. The number of carbonyl (C=O) groups is 1. The number of hydrogen-bond acceptors (Lipinski definition) is 6. The van der Waals surface area contributed by atoms with Gasteiger partial charge in [0.2, 0.25) is 5.91 Å². The van der Waals surface area contributed by atoms with Crippen LogP contribution in [0, 0.1) is 0 Å². The topological polar surface area (TPSA) is 84.9 Å². The van der Waals surface area contributed by atoms with Gasteiger partial charge < -0.3 is 14.4 Å². The molecule has 1 aliphatic rings. The van der Waals surface area contributed by atoms with E-state index in [9.17, 15) is 39.6 Å². The average molecular weight is 647 g/mol. The molecule has 43 heavy (non-hydrogen) atoms. The molecule has 3 aromatic carbocycles. The highest BCUT2D eigenvalue weighted by Crippen LogP contribution is 2.48. The number of benzene rings is 3. The number of morpholine rings is 1. The number of hydrogen-bond donors (Lipinski definition) is 1. The number of nitrogens with one attached hydrogen (secondary N) is 1. The van der Waals surface area contributed by atoms with Crippen molar-refractivity contribution in [3.05, 3.63) is 83.4 Å². The number of alkyl halides is 6. The Hall–Kier alpha value is -3.69. The van der Waals surface area contributed by atoms with Crippen molar-refractivity contribution < 1.29 is 49.0 Å². The van der Waals surface area contributed by atoms with Crippen molar-refractivity contribution in [2.45, 2.75) is 27.0 Å². The summed E-state index contributed by atoms with van der Waals surface area (Å²) in [5.74, 6) is -0.237. The lowest BCUT2D eigenvalue weighted by molar-refractivity contribution is -0.163. The molecule has 0 aromatic heterocycles. The second-order valence-electron chi connectivity index (χ2n) is 9.08. The minimum atomic E-state index is -5.42. The zero-order chi connectivity index (χ0) is 31.4. The molecule has 4 rings (SSSR count). The molecular weight excluding hydrogens is 622 g/mol. The van der Waals surface area contributed by atoms with E-state index in [1.54, 1.807) is 0 Å². The van der Waals surface area contributed by atoms with E-state index in [0.29, 0.717) is 17.5 Å². The SMILES string of the molecule is COc1ccc(S(=O)(=O)Nc2cccc(Sc3ccc(/C=C/C(=O)N4CCOCC4)c(C(F)(F)F)c3C(F)(F)F)c2)cc1. The van der Waals surface area contributed by atoms with E-state index in [0.717, 1.165) is 24.3 Å². The number of carbonyl (C=O) groups excluding carboxylic acids is 1. The largest absolute Gasteiger partial charge is 0.497 e. The Kier molecular flexibility index (Phi) is 9.66. The number of methoxy groups -OCH3 is 1. The molecule has 1 aliphatic heterocycles. The van der Waals surface area contributed by atoms with Gasteiger partial charge >= 0.3 is 12.4 Å². The Morgan fingerprint density at radius 2 is 1.60 bits per heavy atom. The molecule has 230 valence electrons. The van der Waals surface area contributed by atoms with Crippen molar-refractivity contribution in [1.82, 2.24) is 4.90 Å². The number of ether oxygens (including phenoxy) is 2. The molecule has 0 radical (unpaired) electrons. The normalized spacial score (nSPS) is 14.6. The van der Waals surface area contributed by atoms with Crippen molar-refractivity contribution in [3.8, 4) is 5.75 Å². The fourth-order valence-corrected chi connectivity index (χ4v) is 6.27. The minimum absolute atomic E-state index is 0.0217. The summed E-state index contributed by atoms with van der Waals surface area (Å²) in [6.07, 6.45) is -9.31. The summed E-state index contributed by atoms with van der Waals surface area (Å²) in [4.78, 5) is 12.9. The molecule has 0 unspecified atom stereocenters. The van der Waals surface area contributed by atoms with E-state index < -0.39 is 49.9 Å². The van der Waals surface area contributed by atoms with Crippen LogP contribution >= 0.6 is 11.8 Å². The summed E-state index contributed by atoms with van der Waals surface area (Å²) in [6, 6.07) is 12.4. The van der Waals surface area contributed by atoms with Crippen molar-refractivity contribution >= 4 is 39.5 Å². The van der Waals surface area contributed by atoms with Gasteiger partial charge in [0.15, 0.2) is 0 Å². The van der Waals surface area contributed by atoms with E-state index >= 15 is 0 Å². The van der Waals surface area contributed by atoms with E-state index in [4.69, 9.17) is 9.47 Å². The van der Waals surface area contributed by atoms with E-state index in [1.807, 2.05) is 0 Å². The first-order valence-electron chi connectivity index (χ1n) is 12.5.